The van der Waals surface area contributed by atoms with E-state index in [0.29, 0.717) is 26.2 Å². The van der Waals surface area contributed by atoms with Crippen molar-refractivity contribution in [1.29, 1.82) is 0 Å². The minimum absolute atomic E-state index is 0.208. The molecule has 1 aromatic rings. The number of hydrogen-bond donors (Lipinski definition) is 1. The summed E-state index contributed by atoms with van der Waals surface area (Å²) in [4.78, 5) is 13.9. The standard InChI is InChI=1S/C14H24N4O2/c1-12(13(2)18-7-3-5-16-18)15-6-4-14(19)17-8-10-20-11-9-17/h3,5,7,12-13,15H,4,6,8-11H2,1-2H3. The molecule has 112 valence electrons. The molecule has 6 heteroatoms. The topological polar surface area (TPSA) is 59.4 Å². The predicted octanol–water partition coefficient (Wildman–Crippen LogP) is 0.671. The maximum absolute atomic E-state index is 12.0. The molecule has 0 spiro atoms. The van der Waals surface area contributed by atoms with Crippen LogP contribution in [-0.4, -0.2) is 59.5 Å². The van der Waals surface area contributed by atoms with Gasteiger partial charge in [0.15, 0.2) is 0 Å². The third-order valence-electron chi connectivity index (χ3n) is 3.83. The summed E-state index contributed by atoms with van der Waals surface area (Å²) >= 11 is 0. The van der Waals surface area contributed by atoms with Crippen LogP contribution in [0, 0.1) is 0 Å². The zero-order valence-electron chi connectivity index (χ0n) is 12.3. The van der Waals surface area contributed by atoms with Crippen molar-refractivity contribution in [3.63, 3.8) is 0 Å². The Labute approximate surface area is 120 Å². The molecule has 6 nitrogen and oxygen atoms in total. The molecule has 1 aliphatic heterocycles. The molecule has 0 radical (unpaired) electrons. The van der Waals surface area contributed by atoms with Crippen molar-refractivity contribution in [2.75, 3.05) is 32.8 Å². The van der Waals surface area contributed by atoms with Crippen LogP contribution in [0.2, 0.25) is 0 Å². The molecular formula is C14H24N4O2. The highest BCUT2D eigenvalue weighted by Crippen LogP contribution is 2.09. The average molecular weight is 280 g/mol. The van der Waals surface area contributed by atoms with E-state index in [1.165, 1.54) is 0 Å². The van der Waals surface area contributed by atoms with E-state index in [2.05, 4.69) is 24.3 Å². The maximum Gasteiger partial charge on any atom is 0.224 e. The molecule has 2 unspecified atom stereocenters. The highest BCUT2D eigenvalue weighted by atomic mass is 16.5. The number of nitrogens with zero attached hydrogens (tertiary/aromatic N) is 3. The van der Waals surface area contributed by atoms with Crippen molar-refractivity contribution in [3.8, 4) is 0 Å². The van der Waals surface area contributed by atoms with Crippen LogP contribution in [0.15, 0.2) is 18.5 Å². The van der Waals surface area contributed by atoms with Gasteiger partial charge in [-0.05, 0) is 19.9 Å². The van der Waals surface area contributed by atoms with Gasteiger partial charge in [-0.15, -0.1) is 0 Å². The molecule has 1 fully saturated rings. The van der Waals surface area contributed by atoms with E-state index >= 15 is 0 Å². The molecule has 20 heavy (non-hydrogen) atoms. The third kappa shape index (κ3) is 4.05. The minimum Gasteiger partial charge on any atom is -0.378 e. The van der Waals surface area contributed by atoms with Gasteiger partial charge in [-0.2, -0.15) is 5.10 Å². The fraction of sp³-hybridized carbons (Fsp3) is 0.714. The second-order valence-corrected chi connectivity index (χ2v) is 5.21. The van der Waals surface area contributed by atoms with E-state index in [1.807, 2.05) is 21.8 Å². The van der Waals surface area contributed by atoms with Crippen molar-refractivity contribution < 1.29 is 9.53 Å². The monoisotopic (exact) mass is 280 g/mol. The van der Waals surface area contributed by atoms with E-state index in [1.54, 1.807) is 6.20 Å². The number of carbonyl (C=O) groups excluding carboxylic acids is 1. The molecule has 0 bridgehead atoms. The van der Waals surface area contributed by atoms with Crippen LogP contribution in [0.1, 0.15) is 26.3 Å². The summed E-state index contributed by atoms with van der Waals surface area (Å²) in [7, 11) is 0. The molecule has 0 aliphatic carbocycles. The van der Waals surface area contributed by atoms with Crippen LogP contribution in [-0.2, 0) is 9.53 Å². The second-order valence-electron chi connectivity index (χ2n) is 5.21. The van der Waals surface area contributed by atoms with E-state index in [0.717, 1.165) is 13.1 Å². The number of rotatable bonds is 6. The molecular weight excluding hydrogens is 256 g/mol. The summed E-state index contributed by atoms with van der Waals surface area (Å²) in [5, 5.41) is 7.64. The van der Waals surface area contributed by atoms with Gasteiger partial charge in [-0.3, -0.25) is 9.48 Å². The van der Waals surface area contributed by atoms with Crippen molar-refractivity contribution in [2.45, 2.75) is 32.4 Å². The Morgan fingerprint density at radius 2 is 2.15 bits per heavy atom. The van der Waals surface area contributed by atoms with Crippen LogP contribution in [0.3, 0.4) is 0 Å². The molecule has 0 saturated carbocycles. The summed E-state index contributed by atoms with van der Waals surface area (Å²) in [6.07, 6.45) is 4.28. The van der Waals surface area contributed by atoms with Gasteiger partial charge in [-0.1, -0.05) is 0 Å². The molecule has 1 saturated heterocycles. The zero-order valence-corrected chi connectivity index (χ0v) is 12.3. The second kappa shape index (κ2) is 7.40. The zero-order chi connectivity index (χ0) is 14.4. The van der Waals surface area contributed by atoms with Crippen LogP contribution in [0.5, 0.6) is 0 Å². The Morgan fingerprint density at radius 1 is 1.40 bits per heavy atom. The van der Waals surface area contributed by atoms with Gasteiger partial charge >= 0.3 is 0 Å². The lowest BCUT2D eigenvalue weighted by Crippen LogP contribution is -2.42. The average Bonchev–Trinajstić information content (AvgIpc) is 3.01. The number of morpholine rings is 1. The van der Waals surface area contributed by atoms with E-state index < -0.39 is 0 Å². The summed E-state index contributed by atoms with van der Waals surface area (Å²) in [6, 6.07) is 2.46. The first kappa shape index (κ1) is 15.0. The smallest absolute Gasteiger partial charge is 0.224 e. The number of amides is 1. The Bertz CT molecular complexity index is 401. The first-order valence-corrected chi connectivity index (χ1v) is 7.26. The maximum atomic E-state index is 12.0. The van der Waals surface area contributed by atoms with Crippen LogP contribution in [0.4, 0.5) is 0 Å². The molecule has 1 amide bonds. The minimum atomic E-state index is 0.208. The molecule has 2 rings (SSSR count). The van der Waals surface area contributed by atoms with E-state index in [9.17, 15) is 4.79 Å². The Morgan fingerprint density at radius 3 is 2.80 bits per heavy atom. The van der Waals surface area contributed by atoms with Crippen molar-refractivity contribution in [2.24, 2.45) is 0 Å². The number of nitrogens with one attached hydrogen (secondary N) is 1. The summed E-state index contributed by atoms with van der Waals surface area (Å²) < 4.78 is 7.18. The number of hydrogen-bond acceptors (Lipinski definition) is 4. The van der Waals surface area contributed by atoms with Gasteiger partial charge in [-0.25, -0.2) is 0 Å². The lowest BCUT2D eigenvalue weighted by molar-refractivity contribution is -0.135. The van der Waals surface area contributed by atoms with Crippen molar-refractivity contribution in [1.82, 2.24) is 20.0 Å². The fourth-order valence-corrected chi connectivity index (χ4v) is 2.30. The van der Waals surface area contributed by atoms with Crippen LogP contribution in [0.25, 0.3) is 0 Å². The van der Waals surface area contributed by atoms with E-state index in [-0.39, 0.29) is 18.0 Å². The van der Waals surface area contributed by atoms with Crippen LogP contribution >= 0.6 is 0 Å². The highest BCUT2D eigenvalue weighted by molar-refractivity contribution is 5.76. The molecule has 2 heterocycles. The highest BCUT2D eigenvalue weighted by Gasteiger charge is 2.18. The predicted molar refractivity (Wildman–Crippen MR) is 76.4 cm³/mol. The Balaban J connectivity index is 1.68. The third-order valence-corrected chi connectivity index (χ3v) is 3.83. The Hall–Kier alpha value is -1.40. The first-order chi connectivity index (χ1) is 9.68. The quantitative estimate of drug-likeness (QED) is 0.832. The molecule has 2 atom stereocenters. The SMILES string of the molecule is CC(NCCC(=O)N1CCOCC1)C(C)n1cccn1. The lowest BCUT2D eigenvalue weighted by Gasteiger charge is -2.27. The molecule has 1 aromatic heterocycles. The van der Waals surface area contributed by atoms with Crippen LogP contribution < -0.4 is 5.32 Å². The summed E-state index contributed by atoms with van der Waals surface area (Å²) in [6.45, 7) is 7.69. The molecule has 0 aromatic carbocycles. The first-order valence-electron chi connectivity index (χ1n) is 7.26. The van der Waals surface area contributed by atoms with E-state index in [4.69, 9.17) is 4.74 Å². The molecule has 1 aliphatic rings. The fourth-order valence-electron chi connectivity index (χ4n) is 2.30. The Kier molecular flexibility index (Phi) is 5.55. The van der Waals surface area contributed by atoms with Crippen molar-refractivity contribution >= 4 is 5.91 Å². The number of carbonyl (C=O) groups is 1. The normalized spacial score (nSPS) is 18.8. The summed E-state index contributed by atoms with van der Waals surface area (Å²) in [5.74, 6) is 0.208. The number of aromatic nitrogens is 2. The number of ether oxygens (including phenoxy) is 1. The van der Waals surface area contributed by atoms with Gasteiger partial charge in [0.1, 0.15) is 0 Å². The van der Waals surface area contributed by atoms with Gasteiger partial charge < -0.3 is 15.0 Å². The lowest BCUT2D eigenvalue weighted by atomic mass is 10.1. The van der Waals surface area contributed by atoms with Gasteiger partial charge in [0.25, 0.3) is 0 Å². The van der Waals surface area contributed by atoms with Gasteiger partial charge in [0.2, 0.25) is 5.91 Å². The van der Waals surface area contributed by atoms with Crippen molar-refractivity contribution in [3.05, 3.63) is 18.5 Å². The van der Waals surface area contributed by atoms with Gasteiger partial charge in [0, 0.05) is 44.5 Å². The molecule has 1 N–H and O–H groups in total. The van der Waals surface area contributed by atoms with Gasteiger partial charge in [0.05, 0.1) is 19.3 Å². The summed E-state index contributed by atoms with van der Waals surface area (Å²) in [5.41, 5.74) is 0. The largest absolute Gasteiger partial charge is 0.378 e.